The highest BCUT2D eigenvalue weighted by atomic mass is 19.1. The van der Waals surface area contributed by atoms with Gasteiger partial charge in [-0.3, -0.25) is 9.59 Å². The van der Waals surface area contributed by atoms with Gasteiger partial charge in [-0.25, -0.2) is 4.39 Å². The summed E-state index contributed by atoms with van der Waals surface area (Å²) in [5.74, 6) is -0.812. The molecule has 2 aromatic carbocycles. The van der Waals surface area contributed by atoms with E-state index in [0.29, 0.717) is 12.0 Å². The smallest absolute Gasteiger partial charge is 0.242 e. The van der Waals surface area contributed by atoms with Crippen LogP contribution in [0.4, 0.5) is 4.39 Å². The minimum atomic E-state index is -0.718. The lowest BCUT2D eigenvalue weighted by Crippen LogP contribution is -2.52. The Morgan fingerprint density at radius 3 is 2.09 bits per heavy atom. The van der Waals surface area contributed by atoms with Crippen LogP contribution in [-0.2, 0) is 28.0 Å². The fourth-order valence-electron chi connectivity index (χ4n) is 3.43. The molecule has 0 radical (unpaired) electrons. The SMILES string of the molecule is C[C@@H](C(=O)NC(C)(C)C)N(Cc1ccccc1F)C(=O)CCc1ccc(C(C)(C)C)cc1. The Morgan fingerprint density at radius 2 is 1.56 bits per heavy atom. The van der Waals surface area contributed by atoms with Crippen LogP contribution in [0.3, 0.4) is 0 Å². The molecule has 0 aromatic heterocycles. The molecule has 0 bridgehead atoms. The van der Waals surface area contributed by atoms with Gasteiger partial charge in [-0.05, 0) is 56.7 Å². The van der Waals surface area contributed by atoms with Crippen LogP contribution in [0.25, 0.3) is 0 Å². The van der Waals surface area contributed by atoms with Crippen molar-refractivity contribution in [3.63, 3.8) is 0 Å². The van der Waals surface area contributed by atoms with Crippen molar-refractivity contribution in [3.8, 4) is 0 Å². The third-order valence-electron chi connectivity index (χ3n) is 5.41. The zero-order valence-corrected chi connectivity index (χ0v) is 20.5. The van der Waals surface area contributed by atoms with Crippen LogP contribution in [0, 0.1) is 5.82 Å². The van der Waals surface area contributed by atoms with Crippen LogP contribution in [0.2, 0.25) is 0 Å². The predicted molar refractivity (Wildman–Crippen MR) is 128 cm³/mol. The molecule has 1 atom stereocenters. The molecule has 5 heteroatoms. The summed E-state index contributed by atoms with van der Waals surface area (Å²) < 4.78 is 14.3. The lowest BCUT2D eigenvalue weighted by Gasteiger charge is -2.31. The van der Waals surface area contributed by atoms with E-state index in [1.807, 2.05) is 32.9 Å². The molecule has 174 valence electrons. The summed E-state index contributed by atoms with van der Waals surface area (Å²) in [4.78, 5) is 27.5. The van der Waals surface area contributed by atoms with Crippen LogP contribution in [0.1, 0.15) is 71.6 Å². The van der Waals surface area contributed by atoms with Crippen molar-refractivity contribution in [2.45, 2.75) is 84.8 Å². The van der Waals surface area contributed by atoms with Crippen molar-refractivity contribution >= 4 is 11.8 Å². The number of hydrogen-bond acceptors (Lipinski definition) is 2. The Kier molecular flexibility index (Phi) is 8.22. The first-order valence-corrected chi connectivity index (χ1v) is 11.2. The van der Waals surface area contributed by atoms with Crippen molar-refractivity contribution in [3.05, 3.63) is 71.0 Å². The molecule has 4 nitrogen and oxygen atoms in total. The molecule has 2 amide bonds. The van der Waals surface area contributed by atoms with Crippen molar-refractivity contribution in [1.82, 2.24) is 10.2 Å². The Balaban J connectivity index is 2.17. The number of rotatable bonds is 7. The quantitative estimate of drug-likeness (QED) is 0.628. The lowest BCUT2D eigenvalue weighted by molar-refractivity contribution is -0.141. The molecule has 0 fully saturated rings. The van der Waals surface area contributed by atoms with E-state index in [-0.39, 0.29) is 36.0 Å². The number of carbonyl (C=O) groups is 2. The van der Waals surface area contributed by atoms with Gasteiger partial charge < -0.3 is 10.2 Å². The number of nitrogens with one attached hydrogen (secondary N) is 1. The number of halogens is 1. The van der Waals surface area contributed by atoms with Crippen molar-refractivity contribution in [2.75, 3.05) is 0 Å². The van der Waals surface area contributed by atoms with Gasteiger partial charge in [-0.15, -0.1) is 0 Å². The van der Waals surface area contributed by atoms with Crippen LogP contribution >= 0.6 is 0 Å². The fourth-order valence-corrected chi connectivity index (χ4v) is 3.43. The zero-order chi connectivity index (χ0) is 24.1. The molecule has 0 spiro atoms. The number of carbonyl (C=O) groups excluding carboxylic acids is 2. The second-order valence-electron chi connectivity index (χ2n) is 10.5. The van der Waals surface area contributed by atoms with Crippen molar-refractivity contribution < 1.29 is 14.0 Å². The molecule has 2 aromatic rings. The molecule has 32 heavy (non-hydrogen) atoms. The standard InChI is InChI=1S/C27H37FN2O2/c1-19(25(32)29-27(5,6)7)30(18-21-10-8-9-11-23(21)28)24(31)17-14-20-12-15-22(16-13-20)26(2,3)4/h8-13,15-16,19H,14,17-18H2,1-7H3,(H,29,32)/t19-/m0/s1. The highest BCUT2D eigenvalue weighted by Crippen LogP contribution is 2.23. The van der Waals surface area contributed by atoms with Gasteiger partial charge in [0.15, 0.2) is 0 Å². The largest absolute Gasteiger partial charge is 0.350 e. The van der Waals surface area contributed by atoms with E-state index in [9.17, 15) is 14.0 Å². The van der Waals surface area contributed by atoms with Gasteiger partial charge >= 0.3 is 0 Å². The molecule has 0 saturated carbocycles. The topological polar surface area (TPSA) is 49.4 Å². The summed E-state index contributed by atoms with van der Waals surface area (Å²) in [7, 11) is 0. The number of benzene rings is 2. The van der Waals surface area contributed by atoms with Gasteiger partial charge in [-0.2, -0.15) is 0 Å². The molecule has 0 aliphatic heterocycles. The maximum Gasteiger partial charge on any atom is 0.242 e. The first-order valence-electron chi connectivity index (χ1n) is 11.2. The fraction of sp³-hybridized carbons (Fsp3) is 0.481. The first kappa shape index (κ1) is 25.6. The minimum absolute atomic E-state index is 0.0488. The van der Waals surface area contributed by atoms with E-state index in [1.54, 1.807) is 25.1 Å². The molecule has 0 unspecified atom stereocenters. The summed E-state index contributed by atoms with van der Waals surface area (Å²) in [6.07, 6.45) is 0.807. The number of nitrogens with zero attached hydrogens (tertiary/aromatic N) is 1. The van der Waals surface area contributed by atoms with Gasteiger partial charge in [-0.1, -0.05) is 63.2 Å². The minimum Gasteiger partial charge on any atom is -0.350 e. The van der Waals surface area contributed by atoms with Crippen LogP contribution < -0.4 is 5.32 Å². The van der Waals surface area contributed by atoms with Gasteiger partial charge in [0.2, 0.25) is 11.8 Å². The average molecular weight is 441 g/mol. The highest BCUT2D eigenvalue weighted by Gasteiger charge is 2.28. The van der Waals surface area contributed by atoms with Gasteiger partial charge in [0, 0.05) is 24.1 Å². The third kappa shape index (κ3) is 7.47. The van der Waals surface area contributed by atoms with E-state index in [0.717, 1.165) is 5.56 Å². The molecule has 0 heterocycles. The molecule has 0 saturated heterocycles. The van der Waals surface area contributed by atoms with E-state index < -0.39 is 11.6 Å². The van der Waals surface area contributed by atoms with E-state index in [2.05, 4.69) is 38.2 Å². The second-order valence-corrected chi connectivity index (χ2v) is 10.5. The summed E-state index contributed by atoms with van der Waals surface area (Å²) in [5.41, 5.74) is 2.34. The van der Waals surface area contributed by atoms with Crippen LogP contribution in [0.5, 0.6) is 0 Å². The van der Waals surface area contributed by atoms with Gasteiger partial charge in [0.05, 0.1) is 0 Å². The van der Waals surface area contributed by atoms with Crippen LogP contribution in [-0.4, -0.2) is 28.3 Å². The lowest BCUT2D eigenvalue weighted by atomic mass is 9.86. The maximum absolute atomic E-state index is 14.3. The molecular weight excluding hydrogens is 403 g/mol. The van der Waals surface area contributed by atoms with Gasteiger partial charge in [0.1, 0.15) is 11.9 Å². The Bertz CT molecular complexity index is 924. The molecule has 0 aliphatic carbocycles. The highest BCUT2D eigenvalue weighted by molar-refractivity contribution is 5.87. The van der Waals surface area contributed by atoms with Crippen molar-refractivity contribution in [2.24, 2.45) is 0 Å². The Hall–Kier alpha value is -2.69. The van der Waals surface area contributed by atoms with Gasteiger partial charge in [0.25, 0.3) is 0 Å². The predicted octanol–water partition coefficient (Wildman–Crippen LogP) is 5.39. The Labute approximate surface area is 192 Å². The van der Waals surface area contributed by atoms with E-state index in [4.69, 9.17) is 0 Å². The van der Waals surface area contributed by atoms with E-state index in [1.165, 1.54) is 16.5 Å². The monoisotopic (exact) mass is 440 g/mol. The zero-order valence-electron chi connectivity index (χ0n) is 20.5. The summed E-state index contributed by atoms with van der Waals surface area (Å²) in [6, 6.07) is 13.9. The third-order valence-corrected chi connectivity index (χ3v) is 5.41. The normalized spacial score (nSPS) is 12.9. The van der Waals surface area contributed by atoms with E-state index >= 15 is 0 Å². The number of aryl methyl sites for hydroxylation is 1. The molecule has 0 aliphatic rings. The molecule has 2 rings (SSSR count). The first-order chi connectivity index (χ1) is 14.8. The summed E-state index contributed by atoms with van der Waals surface area (Å²) in [5, 5.41) is 2.92. The maximum atomic E-state index is 14.3. The average Bonchev–Trinajstić information content (AvgIpc) is 2.69. The molecular formula is C27H37FN2O2. The summed E-state index contributed by atoms with van der Waals surface area (Å²) in [6.45, 7) is 13.9. The molecule has 1 N–H and O–H groups in total. The number of hydrogen-bond donors (Lipinski definition) is 1. The van der Waals surface area contributed by atoms with Crippen molar-refractivity contribution in [1.29, 1.82) is 0 Å². The summed E-state index contributed by atoms with van der Waals surface area (Å²) >= 11 is 0. The second kappa shape index (κ2) is 10.3. The Morgan fingerprint density at radius 1 is 0.969 bits per heavy atom. The van der Waals surface area contributed by atoms with Crippen LogP contribution in [0.15, 0.2) is 48.5 Å². The number of amides is 2.